The molecule has 0 aromatic carbocycles. The van der Waals surface area contributed by atoms with E-state index in [0.29, 0.717) is 0 Å². The number of hydrogen-bond donors (Lipinski definition) is 2. The fourth-order valence-corrected chi connectivity index (χ4v) is 0.650. The molecule has 9 heavy (non-hydrogen) atoms. The van der Waals surface area contributed by atoms with Crippen molar-refractivity contribution in [3.8, 4) is 0 Å². The Labute approximate surface area is 56.8 Å². The summed E-state index contributed by atoms with van der Waals surface area (Å²) >= 11 is 0. The first-order valence-electron chi connectivity index (χ1n) is 2.95. The predicted octanol–water partition coefficient (Wildman–Crippen LogP) is -0.924. The monoisotopic (exact) mass is 132 g/mol. The third-order valence-corrected chi connectivity index (χ3v) is 0.798. The third kappa shape index (κ3) is 5.72. The second-order valence-electron chi connectivity index (χ2n) is 2.28. The minimum atomic E-state index is 0.890. The van der Waals surface area contributed by atoms with Crippen molar-refractivity contribution in [2.24, 2.45) is 0 Å². The molecular formula is C5H16N4. The zero-order valence-electron chi connectivity index (χ0n) is 6.60. The van der Waals surface area contributed by atoms with E-state index < -0.39 is 0 Å². The van der Waals surface area contributed by atoms with Gasteiger partial charge in [-0.15, -0.1) is 0 Å². The lowest BCUT2D eigenvalue weighted by atomic mass is 10.8. The predicted molar refractivity (Wildman–Crippen MR) is 38.5 cm³/mol. The molecule has 0 rings (SSSR count). The molecule has 0 saturated heterocycles. The number of nitrogens with one attached hydrogen (secondary N) is 2. The highest BCUT2D eigenvalue weighted by molar-refractivity contribution is 4.36. The molecule has 0 bridgehead atoms. The summed E-state index contributed by atoms with van der Waals surface area (Å²) in [6.45, 7) is 0.890. The molecule has 56 valence electrons. The van der Waals surface area contributed by atoms with Crippen LogP contribution in [0.3, 0.4) is 0 Å². The Morgan fingerprint density at radius 1 is 1.22 bits per heavy atom. The second kappa shape index (κ2) is 4.69. The molecule has 0 aliphatic heterocycles. The highest BCUT2D eigenvalue weighted by Crippen LogP contribution is 1.74. The Balaban J connectivity index is 3.15. The maximum absolute atomic E-state index is 2.92. The van der Waals surface area contributed by atoms with Gasteiger partial charge in [0.1, 0.15) is 0 Å². The van der Waals surface area contributed by atoms with Gasteiger partial charge in [0.25, 0.3) is 0 Å². The minimum absolute atomic E-state index is 0.890. The Bertz CT molecular complexity index is 64.0. The van der Waals surface area contributed by atoms with Crippen molar-refractivity contribution in [1.29, 1.82) is 0 Å². The van der Waals surface area contributed by atoms with E-state index in [0.717, 1.165) is 6.67 Å². The van der Waals surface area contributed by atoms with Gasteiger partial charge in [-0.3, -0.25) is 4.90 Å². The highest BCUT2D eigenvalue weighted by Gasteiger charge is 1.93. The summed E-state index contributed by atoms with van der Waals surface area (Å²) < 4.78 is 0. The number of rotatable bonds is 4. The van der Waals surface area contributed by atoms with Gasteiger partial charge in [0, 0.05) is 7.05 Å². The van der Waals surface area contributed by atoms with Crippen LogP contribution in [0.15, 0.2) is 0 Å². The normalized spacial score (nSPS) is 11.3. The maximum Gasteiger partial charge on any atom is 0.0651 e. The van der Waals surface area contributed by atoms with Crippen LogP contribution in [0.2, 0.25) is 0 Å². The number of hydrazine groups is 2. The average Bonchev–Trinajstić information content (AvgIpc) is 1.63. The molecule has 4 nitrogen and oxygen atoms in total. The molecular weight excluding hydrogens is 116 g/mol. The summed E-state index contributed by atoms with van der Waals surface area (Å²) in [7, 11) is 7.85. The Morgan fingerprint density at radius 2 is 1.78 bits per heavy atom. The molecule has 0 aromatic heterocycles. The summed E-state index contributed by atoms with van der Waals surface area (Å²) in [5.74, 6) is 0. The summed E-state index contributed by atoms with van der Waals surface area (Å²) in [5.41, 5.74) is 5.74. The van der Waals surface area contributed by atoms with Crippen molar-refractivity contribution in [3.63, 3.8) is 0 Å². The molecule has 0 aliphatic carbocycles. The zero-order valence-corrected chi connectivity index (χ0v) is 6.60. The minimum Gasteiger partial charge on any atom is -0.296 e. The molecule has 0 amide bonds. The second-order valence-corrected chi connectivity index (χ2v) is 2.28. The first kappa shape index (κ1) is 8.84. The molecule has 2 N–H and O–H groups in total. The van der Waals surface area contributed by atoms with Gasteiger partial charge >= 0.3 is 0 Å². The lowest BCUT2D eigenvalue weighted by Crippen LogP contribution is -2.46. The standard InChI is InChI=1S/C5H16N4/c1-6-7-9(4)5-8(2)3/h6-7H,5H2,1-4H3. The molecule has 0 radical (unpaired) electrons. The SMILES string of the molecule is CNNN(C)CN(C)C. The Kier molecular flexibility index (Phi) is 4.61. The summed E-state index contributed by atoms with van der Waals surface area (Å²) in [5, 5.41) is 1.94. The van der Waals surface area contributed by atoms with Crippen LogP contribution in [0.4, 0.5) is 0 Å². The number of nitrogens with zero attached hydrogens (tertiary/aromatic N) is 2. The van der Waals surface area contributed by atoms with Crippen molar-refractivity contribution in [3.05, 3.63) is 0 Å². The van der Waals surface area contributed by atoms with Gasteiger partial charge in [-0.2, -0.15) is 5.53 Å². The van der Waals surface area contributed by atoms with Gasteiger partial charge in [-0.05, 0) is 21.1 Å². The van der Waals surface area contributed by atoms with E-state index in [1.165, 1.54) is 0 Å². The van der Waals surface area contributed by atoms with Crippen LogP contribution in [-0.4, -0.2) is 44.8 Å². The van der Waals surface area contributed by atoms with Gasteiger partial charge in [0.15, 0.2) is 0 Å². The molecule has 0 aliphatic rings. The smallest absolute Gasteiger partial charge is 0.0651 e. The van der Waals surface area contributed by atoms with E-state index in [2.05, 4.69) is 15.9 Å². The molecule has 0 fully saturated rings. The fourth-order valence-electron chi connectivity index (χ4n) is 0.650. The van der Waals surface area contributed by atoms with Crippen LogP contribution in [0.25, 0.3) is 0 Å². The van der Waals surface area contributed by atoms with E-state index in [9.17, 15) is 0 Å². The van der Waals surface area contributed by atoms with Crippen molar-refractivity contribution in [2.75, 3.05) is 34.9 Å². The van der Waals surface area contributed by atoms with Crippen molar-refractivity contribution in [1.82, 2.24) is 20.9 Å². The summed E-state index contributed by atoms with van der Waals surface area (Å²) in [4.78, 5) is 2.07. The summed E-state index contributed by atoms with van der Waals surface area (Å²) in [6, 6.07) is 0. The number of hydrogen-bond acceptors (Lipinski definition) is 4. The molecule has 0 unspecified atom stereocenters. The highest BCUT2D eigenvalue weighted by atomic mass is 15.7. The fraction of sp³-hybridized carbons (Fsp3) is 1.00. The van der Waals surface area contributed by atoms with Crippen molar-refractivity contribution < 1.29 is 0 Å². The largest absolute Gasteiger partial charge is 0.296 e. The van der Waals surface area contributed by atoms with Crippen molar-refractivity contribution >= 4 is 0 Å². The van der Waals surface area contributed by atoms with Gasteiger partial charge in [0.05, 0.1) is 6.67 Å². The lowest BCUT2D eigenvalue weighted by Gasteiger charge is -2.20. The molecule has 0 aromatic rings. The lowest BCUT2D eigenvalue weighted by molar-refractivity contribution is 0.129. The molecule has 0 spiro atoms. The third-order valence-electron chi connectivity index (χ3n) is 0.798. The molecule has 0 heterocycles. The Hall–Kier alpha value is -0.160. The molecule has 4 heteroatoms. The van der Waals surface area contributed by atoms with Crippen LogP contribution in [0.1, 0.15) is 0 Å². The average molecular weight is 132 g/mol. The van der Waals surface area contributed by atoms with Gasteiger partial charge in [-0.1, -0.05) is 0 Å². The van der Waals surface area contributed by atoms with Gasteiger partial charge < -0.3 is 0 Å². The van der Waals surface area contributed by atoms with Crippen LogP contribution in [-0.2, 0) is 0 Å². The van der Waals surface area contributed by atoms with E-state index in [1.807, 2.05) is 33.2 Å². The maximum atomic E-state index is 2.92. The molecule has 0 saturated carbocycles. The van der Waals surface area contributed by atoms with E-state index in [-0.39, 0.29) is 0 Å². The van der Waals surface area contributed by atoms with Gasteiger partial charge in [0.2, 0.25) is 0 Å². The first-order chi connectivity index (χ1) is 4.16. The van der Waals surface area contributed by atoms with Crippen molar-refractivity contribution in [2.45, 2.75) is 0 Å². The van der Waals surface area contributed by atoms with E-state index in [1.54, 1.807) is 0 Å². The first-order valence-corrected chi connectivity index (χ1v) is 2.95. The zero-order chi connectivity index (χ0) is 7.28. The summed E-state index contributed by atoms with van der Waals surface area (Å²) in [6.07, 6.45) is 0. The topological polar surface area (TPSA) is 30.5 Å². The Morgan fingerprint density at radius 3 is 2.11 bits per heavy atom. The van der Waals surface area contributed by atoms with Gasteiger partial charge in [-0.25, -0.2) is 10.4 Å². The van der Waals surface area contributed by atoms with Crippen LogP contribution in [0.5, 0.6) is 0 Å². The van der Waals surface area contributed by atoms with E-state index in [4.69, 9.17) is 0 Å². The molecule has 0 atom stereocenters. The van der Waals surface area contributed by atoms with E-state index >= 15 is 0 Å². The van der Waals surface area contributed by atoms with Crippen LogP contribution < -0.4 is 11.0 Å². The van der Waals surface area contributed by atoms with Crippen LogP contribution >= 0.6 is 0 Å². The quantitative estimate of drug-likeness (QED) is 0.382. The van der Waals surface area contributed by atoms with Crippen LogP contribution in [0, 0.1) is 0 Å².